The summed E-state index contributed by atoms with van der Waals surface area (Å²) in [5.41, 5.74) is 3.23. The van der Waals surface area contributed by atoms with Gasteiger partial charge in [0.05, 0.1) is 0 Å². The summed E-state index contributed by atoms with van der Waals surface area (Å²) in [6, 6.07) is 29.8. The van der Waals surface area contributed by atoms with Crippen molar-refractivity contribution in [3.8, 4) is 12.4 Å². The number of likely N-dealkylation sites (tertiary alicyclic amines) is 2. The lowest BCUT2D eigenvalue weighted by atomic mass is 9.91. The van der Waals surface area contributed by atoms with Crippen molar-refractivity contribution >= 4 is 58.3 Å². The predicted molar refractivity (Wildman–Crippen MR) is 361 cm³/mol. The fraction of sp³-hybridized carbons (Fsp3) is 0.449. The van der Waals surface area contributed by atoms with E-state index in [4.69, 9.17) is 15.3 Å². The topological polar surface area (TPSA) is 291 Å². The Balaban J connectivity index is 0.000000196. The smallest absolute Gasteiger partial charge is 0.410 e. The number of benzene rings is 2. The van der Waals surface area contributed by atoms with Crippen LogP contribution in [0, 0.1) is 34.7 Å². The fourth-order valence-corrected chi connectivity index (χ4v) is 10.9. The van der Waals surface area contributed by atoms with Crippen molar-refractivity contribution in [1.29, 1.82) is 10.5 Å². The quantitative estimate of drug-likeness (QED) is 0.00868. The first kappa shape index (κ1) is 69.7. The molecule has 0 bridgehead atoms. The number of hydrogen-bond donors (Lipinski definition) is 6. The standard InChI is InChI=1S/C25H28N4O3.C23H28N6O.C21H33N7O2/c30-23-21(22(24(23)31)28-20-9-14-26-15-10-20)27-13-5-4-6-18-11-16-29(17-12-18)25(32)19-7-2-1-3-8-19;24-18-27-23(28-21-9-14-25-15-10-21)26-13-5-4-6-19-11-16-29(17-12-19)22(30)20-7-2-1-3-8-20;1-21(2,3)30-20(29)28-15-13-27(14-16-28)12-6-4-5-9-24-19(25-17-22)26-18-7-10-23-11-8-18/h1-3,7-10,14-15,18,27H,4-6,11-13,16-17H2,(H,26,28);1-3,7-10,14-15,19H,4-6,11-13,16-17H2,(H2,25,26,27,28);7-8,10-11H,4-6,9,12-16H2,1-3H3,(H2,23,24,25,26). The second-order valence-electron chi connectivity index (χ2n) is 23.9. The number of piperazine rings is 1. The summed E-state index contributed by atoms with van der Waals surface area (Å²) in [4.78, 5) is 89.8. The maximum absolute atomic E-state index is 12.5. The Kier molecular flexibility index (Phi) is 28.9. The summed E-state index contributed by atoms with van der Waals surface area (Å²) in [5.74, 6) is 2.46. The van der Waals surface area contributed by atoms with E-state index in [0.717, 1.165) is 157 Å². The molecule has 0 unspecified atom stereocenters. The predicted octanol–water partition coefficient (Wildman–Crippen LogP) is 9.84. The number of nitrogens with zero attached hydrogens (tertiary/aromatic N) is 11. The van der Waals surface area contributed by atoms with Gasteiger partial charge < -0.3 is 40.7 Å². The summed E-state index contributed by atoms with van der Waals surface area (Å²) >= 11 is 0. The first-order chi connectivity index (χ1) is 44.8. The van der Waals surface area contributed by atoms with E-state index in [1.54, 1.807) is 54.2 Å². The molecule has 486 valence electrons. The van der Waals surface area contributed by atoms with Crippen molar-refractivity contribution in [2.45, 2.75) is 110 Å². The van der Waals surface area contributed by atoms with Gasteiger partial charge in [0.2, 0.25) is 11.9 Å². The van der Waals surface area contributed by atoms with Crippen LogP contribution in [-0.4, -0.2) is 149 Å². The van der Waals surface area contributed by atoms with Gasteiger partial charge in [-0.25, -0.2) is 4.79 Å². The lowest BCUT2D eigenvalue weighted by molar-refractivity contribution is 0.0144. The molecule has 0 aliphatic carbocycles. The normalized spacial score (nSPS) is 14.9. The van der Waals surface area contributed by atoms with Crippen LogP contribution in [0.15, 0.2) is 154 Å². The van der Waals surface area contributed by atoms with Crippen molar-refractivity contribution in [2.75, 3.05) is 99.8 Å². The van der Waals surface area contributed by atoms with E-state index >= 15 is 0 Å². The number of rotatable bonds is 23. The summed E-state index contributed by atoms with van der Waals surface area (Å²) in [5, 5.41) is 35.2. The first-order valence-corrected chi connectivity index (χ1v) is 32.1. The number of unbranched alkanes of at least 4 members (excludes halogenated alkanes) is 4. The molecule has 0 spiro atoms. The van der Waals surface area contributed by atoms with E-state index in [9.17, 15) is 24.0 Å². The molecule has 6 aromatic rings. The van der Waals surface area contributed by atoms with Gasteiger partial charge in [0.1, 0.15) is 17.0 Å². The number of piperidine rings is 2. The number of amides is 3. The molecule has 0 saturated carbocycles. The van der Waals surface area contributed by atoms with Gasteiger partial charge in [0.15, 0.2) is 12.4 Å². The molecule has 3 aromatic carbocycles. The van der Waals surface area contributed by atoms with Crippen LogP contribution >= 0.6 is 0 Å². The van der Waals surface area contributed by atoms with Crippen molar-refractivity contribution in [3.63, 3.8) is 0 Å². The molecule has 3 aliphatic rings. The molecule has 3 aliphatic heterocycles. The minimum Gasteiger partial charge on any atom is -0.444 e. The molecular formula is C69H89N17O6. The summed E-state index contributed by atoms with van der Waals surface area (Å²) in [6.07, 6.45) is 27.2. The number of pyridine rings is 3. The molecule has 3 amide bonds. The van der Waals surface area contributed by atoms with E-state index in [-0.39, 0.29) is 17.9 Å². The molecule has 23 heteroatoms. The molecule has 3 saturated heterocycles. The van der Waals surface area contributed by atoms with Gasteiger partial charge in [-0.05, 0) is 151 Å². The highest BCUT2D eigenvalue weighted by atomic mass is 16.6. The van der Waals surface area contributed by atoms with Crippen molar-refractivity contribution in [1.82, 2.24) is 45.2 Å². The second-order valence-corrected chi connectivity index (χ2v) is 23.9. The minimum atomic E-state index is -0.485. The molecule has 92 heavy (non-hydrogen) atoms. The monoisotopic (exact) mass is 1250 g/mol. The Morgan fingerprint density at radius 3 is 1.42 bits per heavy atom. The lowest BCUT2D eigenvalue weighted by Gasteiger charge is -2.35. The number of carbonyl (C=O) groups is 3. The van der Waals surface area contributed by atoms with Gasteiger partial charge in [-0.2, -0.15) is 10.5 Å². The van der Waals surface area contributed by atoms with Crippen LogP contribution in [-0.2, 0) is 4.74 Å². The number of hydrogen-bond acceptors (Lipinski definition) is 16. The van der Waals surface area contributed by atoms with Gasteiger partial charge in [0.25, 0.3) is 22.7 Å². The number of ether oxygens (including phenoxy) is 1. The summed E-state index contributed by atoms with van der Waals surface area (Å²) < 4.78 is 5.43. The highest BCUT2D eigenvalue weighted by Crippen LogP contribution is 2.26. The lowest BCUT2D eigenvalue weighted by Crippen LogP contribution is -2.50. The second kappa shape index (κ2) is 38.1. The van der Waals surface area contributed by atoms with Gasteiger partial charge in [0, 0.05) is 137 Å². The van der Waals surface area contributed by atoms with Crippen LogP contribution in [0.5, 0.6) is 0 Å². The molecule has 3 aromatic heterocycles. The number of aliphatic imine (C=N–C) groups is 2. The maximum Gasteiger partial charge on any atom is 0.410 e. The van der Waals surface area contributed by atoms with Crippen molar-refractivity contribution < 1.29 is 19.1 Å². The van der Waals surface area contributed by atoms with E-state index in [1.807, 2.05) is 128 Å². The van der Waals surface area contributed by atoms with Crippen molar-refractivity contribution in [3.05, 3.63) is 166 Å². The van der Waals surface area contributed by atoms with E-state index in [0.29, 0.717) is 67.9 Å². The van der Waals surface area contributed by atoms with Gasteiger partial charge >= 0.3 is 6.09 Å². The molecule has 9 rings (SSSR count). The van der Waals surface area contributed by atoms with E-state index in [2.05, 4.69) is 61.7 Å². The molecule has 6 N–H and O–H groups in total. The van der Waals surface area contributed by atoms with Crippen LogP contribution in [0.1, 0.15) is 125 Å². The zero-order valence-corrected chi connectivity index (χ0v) is 53.4. The number of aromatic nitrogens is 3. The Bertz CT molecular complexity index is 3380. The number of carbonyl (C=O) groups excluding carboxylic acids is 3. The molecule has 6 heterocycles. The third-order valence-electron chi connectivity index (χ3n) is 16.0. The molecule has 23 nitrogen and oxygen atoms in total. The van der Waals surface area contributed by atoms with Gasteiger partial charge in [-0.15, -0.1) is 0 Å². The van der Waals surface area contributed by atoms with Crippen LogP contribution in [0.2, 0.25) is 0 Å². The third-order valence-corrected chi connectivity index (χ3v) is 16.0. The minimum absolute atomic E-state index is 0.123. The van der Waals surface area contributed by atoms with Crippen LogP contribution < -0.4 is 42.8 Å². The van der Waals surface area contributed by atoms with Crippen LogP contribution in [0.4, 0.5) is 33.2 Å². The molecule has 0 radical (unpaired) electrons. The molecule has 3 fully saturated rings. The maximum atomic E-state index is 12.5. The number of anilines is 5. The molecule has 0 atom stereocenters. The Hall–Kier alpha value is -9.74. The summed E-state index contributed by atoms with van der Waals surface area (Å²) in [7, 11) is 0. The van der Waals surface area contributed by atoms with Gasteiger partial charge in [-0.1, -0.05) is 68.5 Å². The fourth-order valence-electron chi connectivity index (χ4n) is 10.9. The average molecular weight is 1250 g/mol. The first-order valence-electron chi connectivity index (χ1n) is 32.1. The Labute approximate surface area is 540 Å². The third kappa shape index (κ3) is 24.2. The SMILES string of the molecule is CC(C)(C)OC(=O)N1CCN(CCCCCN=C(NC#N)Nc2ccncc2)CC1.N#CNC(=NCCCCC1CCN(C(=O)c2ccccc2)CC1)Nc1ccncc1.O=C(c1ccccc1)N1CCC(CCCCNc2c(Nc3ccncc3)c(=O)c2=O)CC1. The largest absolute Gasteiger partial charge is 0.444 e. The van der Waals surface area contributed by atoms with Crippen LogP contribution in [0.3, 0.4) is 0 Å². The van der Waals surface area contributed by atoms with Crippen LogP contribution in [0.25, 0.3) is 0 Å². The van der Waals surface area contributed by atoms with E-state index < -0.39 is 16.5 Å². The molecular weight excluding hydrogens is 1160 g/mol. The zero-order valence-electron chi connectivity index (χ0n) is 53.4. The number of nitrogens with one attached hydrogen (secondary N) is 6. The number of guanidine groups is 2. The Morgan fingerprint density at radius 1 is 0.533 bits per heavy atom. The van der Waals surface area contributed by atoms with Gasteiger partial charge in [-0.3, -0.25) is 59.6 Å². The average Bonchev–Trinajstić information content (AvgIpc) is 0.805. The highest BCUT2D eigenvalue weighted by molar-refractivity contribution is 5.96. The number of nitriles is 2. The Morgan fingerprint density at radius 2 is 0.967 bits per heavy atom. The zero-order chi connectivity index (χ0) is 65.2. The van der Waals surface area contributed by atoms with Crippen molar-refractivity contribution in [2.24, 2.45) is 21.8 Å². The summed E-state index contributed by atoms with van der Waals surface area (Å²) in [6.45, 7) is 15.1. The van der Waals surface area contributed by atoms with E-state index in [1.165, 1.54) is 0 Å². The highest BCUT2D eigenvalue weighted by Gasteiger charge is 2.28.